The minimum Gasteiger partial charge on any atom is -0.496 e. The Kier molecular flexibility index (Phi) is 4.74. The SMILES string of the molecule is COc1ccc(Br)cc1-c1nnc2n(Cc3ccccc3C)c3c(=O)[nH]c(=O)n(C)c3n12. The fourth-order valence-electron chi connectivity index (χ4n) is 3.98. The maximum absolute atomic E-state index is 13.0. The van der Waals surface area contributed by atoms with E-state index in [1.165, 1.54) is 4.57 Å². The van der Waals surface area contributed by atoms with E-state index in [2.05, 4.69) is 31.1 Å². The molecule has 3 aromatic heterocycles. The smallest absolute Gasteiger partial charge is 0.329 e. The van der Waals surface area contributed by atoms with E-state index in [0.29, 0.717) is 40.6 Å². The van der Waals surface area contributed by atoms with Gasteiger partial charge in [-0.05, 0) is 36.2 Å². The molecule has 0 fully saturated rings. The van der Waals surface area contributed by atoms with Gasteiger partial charge in [-0.3, -0.25) is 18.9 Å². The summed E-state index contributed by atoms with van der Waals surface area (Å²) in [6.45, 7) is 2.41. The van der Waals surface area contributed by atoms with E-state index in [0.717, 1.165) is 15.6 Å². The summed E-state index contributed by atoms with van der Waals surface area (Å²) in [6.07, 6.45) is 0. The fourth-order valence-corrected chi connectivity index (χ4v) is 4.34. The van der Waals surface area contributed by atoms with Gasteiger partial charge in [-0.1, -0.05) is 40.2 Å². The van der Waals surface area contributed by atoms with E-state index in [4.69, 9.17) is 4.74 Å². The van der Waals surface area contributed by atoms with Crippen LogP contribution in [0.25, 0.3) is 28.3 Å². The van der Waals surface area contributed by atoms with Gasteiger partial charge in [0.15, 0.2) is 17.0 Å². The van der Waals surface area contributed by atoms with Crippen molar-refractivity contribution in [3.63, 3.8) is 0 Å². The Bertz CT molecular complexity index is 1630. The Morgan fingerprint density at radius 3 is 2.66 bits per heavy atom. The second-order valence-electron chi connectivity index (χ2n) is 7.51. The third-order valence-electron chi connectivity index (χ3n) is 5.63. The molecule has 0 aliphatic carbocycles. The van der Waals surface area contributed by atoms with Crippen LogP contribution in [0, 0.1) is 6.92 Å². The molecule has 0 aliphatic heterocycles. The quantitative estimate of drug-likeness (QED) is 0.414. The first kappa shape index (κ1) is 20.3. The number of methoxy groups -OCH3 is 1. The Labute approximate surface area is 190 Å². The van der Waals surface area contributed by atoms with E-state index in [1.807, 2.05) is 49.4 Å². The first-order valence-electron chi connectivity index (χ1n) is 9.85. The van der Waals surface area contributed by atoms with E-state index >= 15 is 0 Å². The van der Waals surface area contributed by atoms with Gasteiger partial charge in [-0.25, -0.2) is 9.20 Å². The van der Waals surface area contributed by atoms with Crippen molar-refractivity contribution < 1.29 is 4.74 Å². The number of rotatable bonds is 4. The summed E-state index contributed by atoms with van der Waals surface area (Å²) in [5, 5.41) is 8.83. The van der Waals surface area contributed by atoms with Crippen LogP contribution in [0.5, 0.6) is 5.75 Å². The summed E-state index contributed by atoms with van der Waals surface area (Å²) < 4.78 is 11.3. The van der Waals surface area contributed by atoms with E-state index < -0.39 is 11.2 Å². The van der Waals surface area contributed by atoms with Crippen molar-refractivity contribution in [1.29, 1.82) is 0 Å². The molecule has 0 saturated heterocycles. The number of H-pyrrole nitrogens is 1. The summed E-state index contributed by atoms with van der Waals surface area (Å²) in [5.41, 5.74) is 2.55. The molecule has 2 aromatic carbocycles. The van der Waals surface area contributed by atoms with Crippen LogP contribution in [0.1, 0.15) is 11.1 Å². The molecule has 5 rings (SSSR count). The molecular formula is C22H19BrN6O3. The molecule has 5 aromatic rings. The lowest BCUT2D eigenvalue weighted by atomic mass is 10.1. The van der Waals surface area contributed by atoms with Gasteiger partial charge in [0, 0.05) is 11.5 Å². The van der Waals surface area contributed by atoms with Crippen LogP contribution in [-0.2, 0) is 13.6 Å². The van der Waals surface area contributed by atoms with Gasteiger partial charge in [0.05, 0.1) is 19.2 Å². The van der Waals surface area contributed by atoms with Crippen LogP contribution in [0.2, 0.25) is 0 Å². The first-order chi connectivity index (χ1) is 15.4. The average molecular weight is 495 g/mol. The first-order valence-corrected chi connectivity index (χ1v) is 10.6. The molecule has 9 nitrogen and oxygen atoms in total. The van der Waals surface area contributed by atoms with Crippen molar-refractivity contribution in [1.82, 2.24) is 28.7 Å². The third kappa shape index (κ3) is 2.98. The maximum Gasteiger partial charge on any atom is 0.329 e. The van der Waals surface area contributed by atoms with Gasteiger partial charge in [0.1, 0.15) is 5.75 Å². The zero-order valence-corrected chi connectivity index (χ0v) is 19.2. The van der Waals surface area contributed by atoms with Crippen LogP contribution >= 0.6 is 15.9 Å². The fraction of sp³-hybridized carbons (Fsp3) is 0.182. The molecule has 1 N–H and O–H groups in total. The van der Waals surface area contributed by atoms with Crippen molar-refractivity contribution in [2.45, 2.75) is 13.5 Å². The second kappa shape index (κ2) is 7.49. The number of nitrogens with one attached hydrogen (secondary N) is 1. The van der Waals surface area contributed by atoms with Gasteiger partial charge in [-0.2, -0.15) is 0 Å². The zero-order chi connectivity index (χ0) is 22.6. The summed E-state index contributed by atoms with van der Waals surface area (Å²) in [7, 11) is 3.19. The van der Waals surface area contributed by atoms with Crippen LogP contribution in [-0.4, -0.2) is 35.8 Å². The minimum absolute atomic E-state index is 0.343. The summed E-state index contributed by atoms with van der Waals surface area (Å²) in [4.78, 5) is 27.8. The van der Waals surface area contributed by atoms with E-state index in [-0.39, 0.29) is 0 Å². The number of nitrogens with zero attached hydrogens (tertiary/aromatic N) is 5. The van der Waals surface area contributed by atoms with Crippen LogP contribution < -0.4 is 16.0 Å². The Morgan fingerprint density at radius 1 is 1.12 bits per heavy atom. The lowest BCUT2D eigenvalue weighted by Crippen LogP contribution is -2.29. The Balaban J connectivity index is 1.92. The number of aromatic amines is 1. The second-order valence-corrected chi connectivity index (χ2v) is 8.42. The molecule has 32 heavy (non-hydrogen) atoms. The van der Waals surface area contributed by atoms with Crippen molar-refractivity contribution in [3.8, 4) is 17.1 Å². The highest BCUT2D eigenvalue weighted by atomic mass is 79.9. The summed E-state index contributed by atoms with van der Waals surface area (Å²) in [6, 6.07) is 13.5. The number of hydrogen-bond donors (Lipinski definition) is 1. The molecule has 0 atom stereocenters. The number of benzene rings is 2. The number of imidazole rings is 1. The summed E-state index contributed by atoms with van der Waals surface area (Å²) >= 11 is 3.49. The number of ether oxygens (including phenoxy) is 1. The molecule has 10 heteroatoms. The lowest BCUT2D eigenvalue weighted by Gasteiger charge is -2.08. The molecule has 0 aliphatic rings. The van der Waals surface area contributed by atoms with Crippen molar-refractivity contribution >= 4 is 32.9 Å². The monoisotopic (exact) mass is 494 g/mol. The van der Waals surface area contributed by atoms with E-state index in [1.54, 1.807) is 23.1 Å². The standard InChI is InChI=1S/C22H19BrN6O3/c1-12-6-4-5-7-13(12)11-28-17-19(30)24-22(31)27(2)20(17)29-18(25-26-21(28)29)15-10-14(23)8-9-16(15)32-3/h4-10H,11H2,1-3H3,(H,24,30,31). The minimum atomic E-state index is -0.515. The van der Waals surface area contributed by atoms with Gasteiger partial charge in [0.2, 0.25) is 5.78 Å². The third-order valence-corrected chi connectivity index (χ3v) is 6.12. The van der Waals surface area contributed by atoms with Gasteiger partial charge in [-0.15, -0.1) is 10.2 Å². The predicted molar refractivity (Wildman–Crippen MR) is 124 cm³/mol. The molecule has 3 heterocycles. The summed E-state index contributed by atoms with van der Waals surface area (Å²) in [5.74, 6) is 1.51. The highest BCUT2D eigenvalue weighted by Gasteiger charge is 2.24. The normalized spacial score (nSPS) is 11.5. The predicted octanol–water partition coefficient (Wildman–Crippen LogP) is 2.87. The Hall–Kier alpha value is -3.66. The van der Waals surface area contributed by atoms with Gasteiger partial charge >= 0.3 is 5.69 Å². The van der Waals surface area contributed by atoms with Crippen molar-refractivity contribution in [2.75, 3.05) is 7.11 Å². The van der Waals surface area contributed by atoms with Crippen LogP contribution in [0.15, 0.2) is 56.5 Å². The van der Waals surface area contributed by atoms with Crippen LogP contribution in [0.3, 0.4) is 0 Å². The van der Waals surface area contributed by atoms with E-state index in [9.17, 15) is 9.59 Å². The molecule has 162 valence electrons. The number of halogens is 1. The highest BCUT2D eigenvalue weighted by molar-refractivity contribution is 9.10. The number of aryl methyl sites for hydroxylation is 2. The molecular weight excluding hydrogens is 476 g/mol. The van der Waals surface area contributed by atoms with Crippen molar-refractivity contribution in [2.24, 2.45) is 7.05 Å². The Morgan fingerprint density at radius 2 is 1.91 bits per heavy atom. The average Bonchev–Trinajstić information content (AvgIpc) is 3.33. The number of aromatic nitrogens is 6. The largest absolute Gasteiger partial charge is 0.496 e. The maximum atomic E-state index is 13.0. The molecule has 0 amide bonds. The van der Waals surface area contributed by atoms with Gasteiger partial charge in [0.25, 0.3) is 5.56 Å². The number of fused-ring (bicyclic) bond motifs is 3. The molecule has 0 bridgehead atoms. The number of hydrogen-bond acceptors (Lipinski definition) is 5. The zero-order valence-electron chi connectivity index (χ0n) is 17.6. The van der Waals surface area contributed by atoms with Gasteiger partial charge < -0.3 is 4.74 Å². The van der Waals surface area contributed by atoms with Crippen molar-refractivity contribution in [3.05, 3.63) is 78.9 Å². The topological polar surface area (TPSA) is 99.2 Å². The highest BCUT2D eigenvalue weighted by Crippen LogP contribution is 2.33. The molecule has 0 radical (unpaired) electrons. The van der Waals surface area contributed by atoms with Crippen LogP contribution in [0.4, 0.5) is 0 Å². The molecule has 0 spiro atoms. The molecule has 0 unspecified atom stereocenters. The molecule has 0 saturated carbocycles. The lowest BCUT2D eigenvalue weighted by molar-refractivity contribution is 0.416.